The molecule has 0 aromatic heterocycles. The highest BCUT2D eigenvalue weighted by molar-refractivity contribution is 7.92. The van der Waals surface area contributed by atoms with Crippen LogP contribution >= 0.6 is 0 Å². The number of aryl methyl sites for hydroxylation is 3. The monoisotopic (exact) mass is 444 g/mol. The number of benzene rings is 3. The fourth-order valence-electron chi connectivity index (χ4n) is 3.17. The summed E-state index contributed by atoms with van der Waals surface area (Å²) in [6, 6.07) is 14.5. The van der Waals surface area contributed by atoms with Gasteiger partial charge in [-0.25, -0.2) is 17.2 Å². The third kappa shape index (κ3) is 5.08. The van der Waals surface area contributed by atoms with Gasteiger partial charge in [0.1, 0.15) is 23.9 Å². The molecule has 5 nitrogen and oxygen atoms in total. The molecule has 0 heterocycles. The predicted octanol–water partition coefficient (Wildman–Crippen LogP) is 4.72. The molecule has 0 spiro atoms. The van der Waals surface area contributed by atoms with Gasteiger partial charge in [0.25, 0.3) is 10.0 Å². The van der Waals surface area contributed by atoms with Gasteiger partial charge in [-0.2, -0.15) is 0 Å². The number of sulfonamides is 1. The first kappa shape index (κ1) is 22.4. The number of hydrogen-bond acceptors (Lipinski definition) is 3. The van der Waals surface area contributed by atoms with Crippen molar-refractivity contribution < 1.29 is 22.0 Å². The molecule has 0 unspecified atom stereocenters. The number of carbonyl (C=O) groups excluding carboxylic acids is 1. The number of anilines is 2. The topological polar surface area (TPSA) is 66.5 Å². The Kier molecular flexibility index (Phi) is 6.40. The quantitative estimate of drug-likeness (QED) is 0.598. The van der Waals surface area contributed by atoms with Crippen molar-refractivity contribution in [2.24, 2.45) is 0 Å². The van der Waals surface area contributed by atoms with Crippen LogP contribution in [-0.2, 0) is 14.8 Å². The average molecular weight is 445 g/mol. The number of hydrogen-bond donors (Lipinski definition) is 1. The maximum absolute atomic E-state index is 13.9. The molecule has 0 aliphatic heterocycles. The second-order valence-corrected chi connectivity index (χ2v) is 9.18. The Bertz CT molecular complexity index is 1190. The molecule has 3 rings (SSSR count). The Hall–Kier alpha value is -3.26. The van der Waals surface area contributed by atoms with Crippen LogP contribution < -0.4 is 9.62 Å². The Morgan fingerprint density at radius 1 is 0.871 bits per heavy atom. The number of halogens is 2. The first-order chi connectivity index (χ1) is 14.6. The van der Waals surface area contributed by atoms with Gasteiger partial charge in [-0.05, 0) is 68.3 Å². The van der Waals surface area contributed by atoms with Crippen LogP contribution in [0, 0.1) is 32.4 Å². The lowest BCUT2D eigenvalue weighted by Crippen LogP contribution is -2.38. The first-order valence-corrected chi connectivity index (χ1v) is 10.9. The molecule has 8 heteroatoms. The summed E-state index contributed by atoms with van der Waals surface area (Å²) in [6.07, 6.45) is 0. The summed E-state index contributed by atoms with van der Waals surface area (Å²) < 4.78 is 55.6. The summed E-state index contributed by atoms with van der Waals surface area (Å²) >= 11 is 0. The van der Waals surface area contributed by atoms with Crippen LogP contribution in [0.2, 0.25) is 0 Å². The second kappa shape index (κ2) is 8.85. The fraction of sp³-hybridized carbons (Fsp3) is 0.174. The zero-order valence-corrected chi connectivity index (χ0v) is 18.1. The van der Waals surface area contributed by atoms with Crippen molar-refractivity contribution in [1.29, 1.82) is 0 Å². The molecule has 0 radical (unpaired) electrons. The Morgan fingerprint density at radius 3 is 1.97 bits per heavy atom. The maximum atomic E-state index is 13.9. The maximum Gasteiger partial charge on any atom is 0.264 e. The molecule has 1 N–H and O–H groups in total. The van der Waals surface area contributed by atoms with Gasteiger partial charge in [0, 0.05) is 0 Å². The van der Waals surface area contributed by atoms with Crippen molar-refractivity contribution in [2.45, 2.75) is 25.7 Å². The van der Waals surface area contributed by atoms with Crippen LogP contribution in [0.5, 0.6) is 0 Å². The molecule has 3 aromatic carbocycles. The molecular formula is C23H22F2N2O3S. The van der Waals surface area contributed by atoms with Gasteiger partial charge in [-0.1, -0.05) is 29.8 Å². The standard InChI is InChI=1S/C23H22F2N2O3S/c1-15-7-9-19(10-8-15)31(29,30)27(18-12-16(2)11-17(3)13-18)14-22(28)26-23-20(24)5-4-6-21(23)25/h4-13H,14H2,1-3H3,(H,26,28). The van der Waals surface area contributed by atoms with Crippen LogP contribution in [0.1, 0.15) is 16.7 Å². The Morgan fingerprint density at radius 2 is 1.42 bits per heavy atom. The van der Waals surface area contributed by atoms with Gasteiger partial charge in [0.15, 0.2) is 0 Å². The minimum Gasteiger partial charge on any atom is -0.320 e. The van der Waals surface area contributed by atoms with E-state index in [0.717, 1.165) is 33.1 Å². The molecule has 0 fully saturated rings. The highest BCUT2D eigenvalue weighted by Crippen LogP contribution is 2.26. The summed E-state index contributed by atoms with van der Waals surface area (Å²) in [5, 5.41) is 2.15. The summed E-state index contributed by atoms with van der Waals surface area (Å²) in [4.78, 5) is 12.7. The normalized spacial score (nSPS) is 11.3. The minimum absolute atomic E-state index is 0.00197. The molecule has 0 bridgehead atoms. The highest BCUT2D eigenvalue weighted by Gasteiger charge is 2.28. The third-order valence-electron chi connectivity index (χ3n) is 4.62. The largest absolute Gasteiger partial charge is 0.320 e. The van der Waals surface area contributed by atoms with E-state index in [1.807, 2.05) is 26.8 Å². The number of carbonyl (C=O) groups is 1. The first-order valence-electron chi connectivity index (χ1n) is 9.49. The summed E-state index contributed by atoms with van der Waals surface area (Å²) in [5.74, 6) is -2.78. The smallest absolute Gasteiger partial charge is 0.264 e. The molecule has 3 aromatic rings. The summed E-state index contributed by atoms with van der Waals surface area (Å²) in [7, 11) is -4.13. The molecule has 0 saturated carbocycles. The van der Waals surface area contributed by atoms with Gasteiger partial charge in [-0.15, -0.1) is 0 Å². The number of nitrogens with one attached hydrogen (secondary N) is 1. The molecule has 0 aliphatic rings. The summed E-state index contributed by atoms with van der Waals surface area (Å²) in [5.41, 5.74) is 2.15. The number of amides is 1. The molecule has 31 heavy (non-hydrogen) atoms. The van der Waals surface area contributed by atoms with Crippen LogP contribution in [0.3, 0.4) is 0 Å². The fourth-order valence-corrected chi connectivity index (χ4v) is 4.58. The van der Waals surface area contributed by atoms with E-state index in [2.05, 4.69) is 5.32 Å². The van der Waals surface area contributed by atoms with E-state index in [0.29, 0.717) is 0 Å². The van der Waals surface area contributed by atoms with Crippen LogP contribution in [0.4, 0.5) is 20.2 Å². The van der Waals surface area contributed by atoms with E-state index in [1.54, 1.807) is 24.3 Å². The molecule has 1 amide bonds. The molecule has 162 valence electrons. The van der Waals surface area contributed by atoms with Gasteiger partial charge in [-0.3, -0.25) is 9.10 Å². The third-order valence-corrected chi connectivity index (χ3v) is 6.41. The number of rotatable bonds is 6. The van der Waals surface area contributed by atoms with Gasteiger partial charge in [0.2, 0.25) is 5.91 Å². The molecular weight excluding hydrogens is 422 g/mol. The molecule has 0 aliphatic carbocycles. The molecule has 0 saturated heterocycles. The van der Waals surface area contributed by atoms with E-state index in [4.69, 9.17) is 0 Å². The lowest BCUT2D eigenvalue weighted by molar-refractivity contribution is -0.114. The van der Waals surface area contributed by atoms with E-state index in [9.17, 15) is 22.0 Å². The van der Waals surface area contributed by atoms with Crippen LogP contribution in [0.25, 0.3) is 0 Å². The average Bonchev–Trinajstić information content (AvgIpc) is 2.68. The molecule has 0 atom stereocenters. The Labute approximate surface area is 180 Å². The van der Waals surface area contributed by atoms with E-state index in [-0.39, 0.29) is 10.6 Å². The second-order valence-electron chi connectivity index (χ2n) is 7.32. The van der Waals surface area contributed by atoms with Gasteiger partial charge in [0.05, 0.1) is 10.6 Å². The highest BCUT2D eigenvalue weighted by atomic mass is 32.2. The van der Waals surface area contributed by atoms with Crippen LogP contribution in [-0.4, -0.2) is 20.9 Å². The van der Waals surface area contributed by atoms with Crippen molar-refractivity contribution in [1.82, 2.24) is 0 Å². The number of para-hydroxylation sites is 1. The van der Waals surface area contributed by atoms with Crippen molar-refractivity contribution in [3.8, 4) is 0 Å². The van der Waals surface area contributed by atoms with Crippen molar-refractivity contribution in [3.05, 3.63) is 89.0 Å². The van der Waals surface area contributed by atoms with Crippen LogP contribution in [0.15, 0.2) is 65.6 Å². The lowest BCUT2D eigenvalue weighted by atomic mass is 10.1. The lowest BCUT2D eigenvalue weighted by Gasteiger charge is -2.25. The van der Waals surface area contributed by atoms with Gasteiger partial charge < -0.3 is 5.32 Å². The predicted molar refractivity (Wildman–Crippen MR) is 117 cm³/mol. The zero-order chi connectivity index (χ0) is 22.8. The zero-order valence-electron chi connectivity index (χ0n) is 17.3. The summed E-state index contributed by atoms with van der Waals surface area (Å²) in [6.45, 7) is 4.78. The SMILES string of the molecule is Cc1ccc(S(=O)(=O)N(CC(=O)Nc2c(F)cccc2F)c2cc(C)cc(C)c2)cc1. The van der Waals surface area contributed by atoms with E-state index in [1.165, 1.54) is 18.2 Å². The van der Waals surface area contributed by atoms with Crippen molar-refractivity contribution >= 4 is 27.3 Å². The number of nitrogens with zero attached hydrogens (tertiary/aromatic N) is 1. The van der Waals surface area contributed by atoms with E-state index < -0.39 is 39.8 Å². The van der Waals surface area contributed by atoms with Crippen molar-refractivity contribution in [3.63, 3.8) is 0 Å². The minimum atomic E-state index is -4.13. The Balaban J connectivity index is 2.02. The van der Waals surface area contributed by atoms with Gasteiger partial charge >= 0.3 is 0 Å². The van der Waals surface area contributed by atoms with E-state index >= 15 is 0 Å². The van der Waals surface area contributed by atoms with Crippen molar-refractivity contribution in [2.75, 3.05) is 16.2 Å².